The van der Waals surface area contributed by atoms with Crippen LogP contribution in [0.25, 0.3) is 10.4 Å². The zero-order valence-electron chi connectivity index (χ0n) is 4.76. The molecule has 0 radical (unpaired) electrons. The lowest BCUT2D eigenvalue weighted by Crippen LogP contribution is -1.90. The highest BCUT2D eigenvalue weighted by Crippen LogP contribution is 1.79. The Bertz CT molecular complexity index is 226. The molecule has 0 fully saturated rings. The van der Waals surface area contributed by atoms with Gasteiger partial charge in [-0.1, -0.05) is 0 Å². The number of carboxylic acids is 1. The van der Waals surface area contributed by atoms with Crippen LogP contribution in [0.1, 0.15) is 0 Å². The molecule has 0 saturated heterocycles. The van der Waals surface area contributed by atoms with E-state index in [4.69, 9.17) is 10.6 Å². The van der Waals surface area contributed by atoms with Crippen LogP contribution in [-0.2, 0) is 9.59 Å². The Morgan fingerprint density at radius 3 is 2.50 bits per heavy atom. The van der Waals surface area contributed by atoms with Crippen molar-refractivity contribution >= 4 is 11.9 Å². The standard InChI is InChI=1S/C4H3N3O3/c5-7-6-3(8)1-2-4(9)10/h1-2H,(H,9,10)/b2-1-. The van der Waals surface area contributed by atoms with Gasteiger partial charge < -0.3 is 5.11 Å². The molecule has 6 nitrogen and oxygen atoms in total. The number of nitrogens with zero attached hydrogens (tertiary/aromatic N) is 3. The van der Waals surface area contributed by atoms with Crippen LogP contribution in [0.5, 0.6) is 0 Å². The zero-order valence-corrected chi connectivity index (χ0v) is 4.76. The first-order chi connectivity index (χ1) is 4.66. The van der Waals surface area contributed by atoms with E-state index in [-0.39, 0.29) is 0 Å². The van der Waals surface area contributed by atoms with Gasteiger partial charge >= 0.3 is 5.97 Å². The summed E-state index contributed by atoms with van der Waals surface area (Å²) in [5.74, 6) is -2.19. The number of carbonyl (C=O) groups is 2. The first kappa shape index (κ1) is 8.19. The molecular formula is C4H3N3O3. The SMILES string of the molecule is [N-]=[N+]=NC(=O)/C=C\C(=O)O. The van der Waals surface area contributed by atoms with E-state index in [1.54, 1.807) is 0 Å². The second kappa shape index (κ2) is 4.11. The van der Waals surface area contributed by atoms with Crippen molar-refractivity contribution in [2.75, 3.05) is 0 Å². The number of azide groups is 1. The molecule has 0 aliphatic carbocycles. The van der Waals surface area contributed by atoms with Crippen molar-refractivity contribution in [1.82, 2.24) is 0 Å². The van der Waals surface area contributed by atoms with Crippen LogP contribution in [0.3, 0.4) is 0 Å². The lowest BCUT2D eigenvalue weighted by molar-refractivity contribution is -0.131. The summed E-state index contributed by atoms with van der Waals surface area (Å²) in [6, 6.07) is 0. The molecule has 0 unspecified atom stereocenters. The highest BCUT2D eigenvalue weighted by molar-refractivity contribution is 5.94. The molecule has 1 N–H and O–H groups in total. The average Bonchev–Trinajstić information content (AvgIpc) is 1.85. The van der Waals surface area contributed by atoms with E-state index in [1.165, 1.54) is 0 Å². The minimum Gasteiger partial charge on any atom is -0.478 e. The Morgan fingerprint density at radius 1 is 1.50 bits per heavy atom. The molecule has 10 heavy (non-hydrogen) atoms. The molecule has 52 valence electrons. The third kappa shape index (κ3) is 4.35. The summed E-state index contributed by atoms with van der Waals surface area (Å²) in [6.07, 6.45) is 1.26. The van der Waals surface area contributed by atoms with Crippen molar-refractivity contribution in [3.8, 4) is 0 Å². The lowest BCUT2D eigenvalue weighted by atomic mass is 10.5. The van der Waals surface area contributed by atoms with Gasteiger partial charge in [0.2, 0.25) is 5.91 Å². The van der Waals surface area contributed by atoms with Crippen LogP contribution in [0.2, 0.25) is 0 Å². The van der Waals surface area contributed by atoms with E-state index in [1.807, 2.05) is 0 Å². The second-order valence-corrected chi connectivity index (χ2v) is 1.20. The normalized spacial score (nSPS) is 8.80. The molecule has 1 amide bonds. The molecule has 0 heterocycles. The lowest BCUT2D eigenvalue weighted by Gasteiger charge is -1.75. The number of amides is 1. The van der Waals surface area contributed by atoms with Gasteiger partial charge in [-0.25, -0.2) is 4.79 Å². The third-order valence-electron chi connectivity index (χ3n) is 0.512. The fourth-order valence-corrected chi connectivity index (χ4v) is 0.220. The number of carbonyl (C=O) groups excluding carboxylic acids is 1. The maximum atomic E-state index is 10.2. The first-order valence-electron chi connectivity index (χ1n) is 2.17. The largest absolute Gasteiger partial charge is 0.478 e. The van der Waals surface area contributed by atoms with E-state index in [2.05, 4.69) is 10.0 Å². The predicted molar refractivity (Wildman–Crippen MR) is 30.9 cm³/mol. The Kier molecular flexibility index (Phi) is 3.36. The van der Waals surface area contributed by atoms with E-state index in [0.717, 1.165) is 0 Å². The highest BCUT2D eigenvalue weighted by Gasteiger charge is 1.90. The molecule has 0 aliphatic rings. The van der Waals surface area contributed by atoms with Gasteiger partial charge in [0.05, 0.1) is 0 Å². The van der Waals surface area contributed by atoms with Gasteiger partial charge in [0.15, 0.2) is 0 Å². The number of aliphatic carboxylic acids is 1. The molecule has 0 aromatic carbocycles. The van der Waals surface area contributed by atoms with Gasteiger partial charge in [-0.2, -0.15) is 0 Å². The second-order valence-electron chi connectivity index (χ2n) is 1.20. The third-order valence-corrected chi connectivity index (χ3v) is 0.512. The molecule has 0 atom stereocenters. The van der Waals surface area contributed by atoms with Crippen LogP contribution >= 0.6 is 0 Å². The van der Waals surface area contributed by atoms with E-state index in [0.29, 0.717) is 12.2 Å². The van der Waals surface area contributed by atoms with Gasteiger partial charge in [-0.15, -0.1) is 0 Å². The Hall–Kier alpha value is -1.81. The van der Waals surface area contributed by atoms with Crippen molar-refractivity contribution in [3.05, 3.63) is 22.6 Å². The van der Waals surface area contributed by atoms with Crippen LogP contribution in [0.15, 0.2) is 17.3 Å². The number of hydrogen-bond acceptors (Lipinski definition) is 2. The molecule has 0 bridgehead atoms. The molecule has 0 aromatic heterocycles. The summed E-state index contributed by atoms with van der Waals surface area (Å²) in [7, 11) is 0. The van der Waals surface area contributed by atoms with Gasteiger partial charge in [0.1, 0.15) is 0 Å². The molecule has 0 saturated carbocycles. The zero-order chi connectivity index (χ0) is 7.98. The molecule has 0 rings (SSSR count). The van der Waals surface area contributed by atoms with Crippen LogP contribution < -0.4 is 0 Å². The maximum absolute atomic E-state index is 10.2. The first-order valence-corrected chi connectivity index (χ1v) is 2.17. The van der Waals surface area contributed by atoms with Gasteiger partial charge in [-0.3, -0.25) is 4.79 Å². The number of carboxylic acid groups (broad SMARTS) is 1. The Morgan fingerprint density at radius 2 is 2.10 bits per heavy atom. The minimum absolute atomic E-state index is 0.594. The van der Waals surface area contributed by atoms with Crippen molar-refractivity contribution in [1.29, 1.82) is 0 Å². The van der Waals surface area contributed by atoms with Crippen LogP contribution in [0.4, 0.5) is 0 Å². The summed E-state index contributed by atoms with van der Waals surface area (Å²) in [6.45, 7) is 0. The fraction of sp³-hybridized carbons (Fsp3) is 0. The van der Waals surface area contributed by atoms with Crippen molar-refractivity contribution in [3.63, 3.8) is 0 Å². The molecule has 0 aromatic rings. The Balaban J connectivity index is 4.02. The summed E-state index contributed by atoms with van der Waals surface area (Å²) >= 11 is 0. The average molecular weight is 141 g/mol. The number of rotatable bonds is 2. The van der Waals surface area contributed by atoms with Crippen LogP contribution in [-0.4, -0.2) is 17.0 Å². The highest BCUT2D eigenvalue weighted by atomic mass is 16.4. The van der Waals surface area contributed by atoms with Crippen molar-refractivity contribution < 1.29 is 14.7 Å². The van der Waals surface area contributed by atoms with Gasteiger partial charge in [-0.05, 0) is 16.7 Å². The number of hydrogen-bond donors (Lipinski definition) is 1. The fourth-order valence-electron chi connectivity index (χ4n) is 0.220. The van der Waals surface area contributed by atoms with Crippen molar-refractivity contribution in [2.24, 2.45) is 5.11 Å². The monoisotopic (exact) mass is 141 g/mol. The van der Waals surface area contributed by atoms with Gasteiger partial charge in [0, 0.05) is 11.0 Å². The molecule has 0 aliphatic heterocycles. The quantitative estimate of drug-likeness (QED) is 0.261. The van der Waals surface area contributed by atoms with Gasteiger partial charge in [0.25, 0.3) is 0 Å². The van der Waals surface area contributed by atoms with E-state index < -0.39 is 11.9 Å². The molecule has 0 spiro atoms. The molecular weight excluding hydrogens is 138 g/mol. The minimum atomic E-state index is -1.26. The summed E-state index contributed by atoms with van der Waals surface area (Å²) < 4.78 is 0. The topological polar surface area (TPSA) is 103 Å². The maximum Gasteiger partial charge on any atom is 0.328 e. The van der Waals surface area contributed by atoms with Crippen molar-refractivity contribution in [2.45, 2.75) is 0 Å². The predicted octanol–water partition coefficient (Wildman–Crippen LogP) is 0.464. The van der Waals surface area contributed by atoms with E-state index >= 15 is 0 Å². The summed E-state index contributed by atoms with van der Waals surface area (Å²) in [4.78, 5) is 22.1. The summed E-state index contributed by atoms with van der Waals surface area (Å²) in [5.41, 5.74) is 7.66. The van der Waals surface area contributed by atoms with E-state index in [9.17, 15) is 9.59 Å². The molecule has 6 heteroatoms. The summed E-state index contributed by atoms with van der Waals surface area (Å²) in [5, 5.41) is 10.5. The smallest absolute Gasteiger partial charge is 0.328 e. The van der Waals surface area contributed by atoms with Crippen LogP contribution in [0, 0.1) is 0 Å². The Labute approximate surface area is 55.4 Å².